The van der Waals surface area contributed by atoms with Crippen LogP contribution >= 0.6 is 39.1 Å². The van der Waals surface area contributed by atoms with E-state index in [-0.39, 0.29) is 13.2 Å². The molecule has 0 bridgehead atoms. The van der Waals surface area contributed by atoms with Crippen LogP contribution in [-0.2, 0) is 9.59 Å². The fourth-order valence-electron chi connectivity index (χ4n) is 2.93. The number of rotatable bonds is 5. The van der Waals surface area contributed by atoms with E-state index >= 15 is 0 Å². The molecule has 142 valence electrons. The summed E-state index contributed by atoms with van der Waals surface area (Å²) in [5, 5.41) is 3.33. The fraction of sp³-hybridized carbons (Fsp3) is 0.529. The summed E-state index contributed by atoms with van der Waals surface area (Å²) in [6.45, 7) is 3.23. The first-order valence-electron chi connectivity index (χ1n) is 8.54. The maximum Gasteiger partial charge on any atom is 0.311 e. The van der Waals surface area contributed by atoms with Gasteiger partial charge in [-0.25, -0.2) is 0 Å². The standard InChI is InChI=1S/C17H20BrCl2N3O3/c18-11-9-13(19)15(14(20)10-11)26-8-3-21-16(24)17(25)23-6-4-22(5-7-23)12-1-2-12/h9-10,12H,1-8H2,(H,21,24). The average Bonchev–Trinajstić information content (AvgIpc) is 3.44. The van der Waals surface area contributed by atoms with Gasteiger partial charge in [-0.05, 0) is 25.0 Å². The Balaban J connectivity index is 1.39. The van der Waals surface area contributed by atoms with Crippen LogP contribution < -0.4 is 10.1 Å². The first-order chi connectivity index (χ1) is 12.5. The molecule has 0 aromatic heterocycles. The lowest BCUT2D eigenvalue weighted by Gasteiger charge is -2.34. The van der Waals surface area contributed by atoms with Gasteiger partial charge >= 0.3 is 11.8 Å². The second kappa shape index (κ2) is 8.78. The zero-order valence-corrected chi connectivity index (χ0v) is 17.2. The number of nitrogens with one attached hydrogen (secondary N) is 1. The SMILES string of the molecule is O=C(NCCOc1c(Cl)cc(Br)cc1Cl)C(=O)N1CCN(C2CC2)CC1. The van der Waals surface area contributed by atoms with Gasteiger partial charge in [-0.1, -0.05) is 39.1 Å². The summed E-state index contributed by atoms with van der Waals surface area (Å²) >= 11 is 15.4. The third kappa shape index (κ3) is 5.03. The Labute approximate surface area is 170 Å². The zero-order chi connectivity index (χ0) is 18.7. The summed E-state index contributed by atoms with van der Waals surface area (Å²) in [6, 6.07) is 4.04. The van der Waals surface area contributed by atoms with E-state index in [4.69, 9.17) is 27.9 Å². The number of ether oxygens (including phenoxy) is 1. The molecule has 1 saturated carbocycles. The van der Waals surface area contributed by atoms with E-state index in [1.807, 2.05) is 0 Å². The molecule has 1 N–H and O–H groups in total. The minimum atomic E-state index is -0.610. The van der Waals surface area contributed by atoms with Gasteiger partial charge in [-0.2, -0.15) is 0 Å². The molecule has 3 rings (SSSR count). The minimum absolute atomic E-state index is 0.162. The molecule has 1 aliphatic heterocycles. The van der Waals surface area contributed by atoms with Crippen molar-refractivity contribution in [3.05, 3.63) is 26.7 Å². The van der Waals surface area contributed by atoms with Crippen LogP contribution in [0.3, 0.4) is 0 Å². The summed E-state index contributed by atoms with van der Waals surface area (Å²) in [7, 11) is 0. The molecule has 26 heavy (non-hydrogen) atoms. The second-order valence-electron chi connectivity index (χ2n) is 6.36. The lowest BCUT2D eigenvalue weighted by molar-refractivity contribution is -0.147. The average molecular weight is 465 g/mol. The first kappa shape index (κ1) is 19.7. The molecule has 0 unspecified atom stereocenters. The van der Waals surface area contributed by atoms with E-state index < -0.39 is 11.8 Å². The summed E-state index contributed by atoms with van der Waals surface area (Å²) in [5.41, 5.74) is 0. The smallest absolute Gasteiger partial charge is 0.311 e. The Bertz CT molecular complexity index is 669. The zero-order valence-electron chi connectivity index (χ0n) is 14.1. The van der Waals surface area contributed by atoms with E-state index in [2.05, 4.69) is 26.1 Å². The number of benzene rings is 1. The van der Waals surface area contributed by atoms with Crippen LogP contribution in [0.15, 0.2) is 16.6 Å². The normalized spacial score (nSPS) is 17.9. The number of hydrogen-bond acceptors (Lipinski definition) is 4. The molecule has 1 saturated heterocycles. The predicted octanol–water partition coefficient (Wildman–Crippen LogP) is 2.56. The van der Waals surface area contributed by atoms with Crippen molar-refractivity contribution < 1.29 is 14.3 Å². The quantitative estimate of drug-likeness (QED) is 0.537. The molecule has 2 fully saturated rings. The monoisotopic (exact) mass is 463 g/mol. The number of amides is 2. The van der Waals surface area contributed by atoms with Crippen molar-refractivity contribution in [2.75, 3.05) is 39.3 Å². The Morgan fingerprint density at radius 1 is 1.15 bits per heavy atom. The largest absolute Gasteiger partial charge is 0.489 e. The molecule has 1 heterocycles. The van der Waals surface area contributed by atoms with Crippen LogP contribution in [0.2, 0.25) is 10.0 Å². The fourth-order valence-corrected chi connectivity index (χ4v) is 4.25. The lowest BCUT2D eigenvalue weighted by atomic mass is 10.3. The highest BCUT2D eigenvalue weighted by Gasteiger charge is 2.33. The van der Waals surface area contributed by atoms with E-state index in [9.17, 15) is 9.59 Å². The number of carbonyl (C=O) groups excluding carboxylic acids is 2. The Morgan fingerprint density at radius 2 is 1.77 bits per heavy atom. The van der Waals surface area contributed by atoms with Crippen molar-refractivity contribution in [3.8, 4) is 5.75 Å². The van der Waals surface area contributed by atoms with Crippen LogP contribution in [0.25, 0.3) is 0 Å². The summed E-state index contributed by atoms with van der Waals surface area (Å²) in [4.78, 5) is 28.2. The topological polar surface area (TPSA) is 61.9 Å². The number of hydrogen-bond donors (Lipinski definition) is 1. The van der Waals surface area contributed by atoms with Crippen molar-refractivity contribution in [1.29, 1.82) is 0 Å². The van der Waals surface area contributed by atoms with Gasteiger partial charge < -0.3 is 15.0 Å². The first-order valence-corrected chi connectivity index (χ1v) is 10.1. The molecule has 6 nitrogen and oxygen atoms in total. The van der Waals surface area contributed by atoms with Crippen LogP contribution in [-0.4, -0.2) is 67.0 Å². The molecular formula is C17H20BrCl2N3O3. The molecule has 0 spiro atoms. The van der Waals surface area contributed by atoms with Gasteiger partial charge in [0.1, 0.15) is 6.61 Å². The van der Waals surface area contributed by atoms with Crippen molar-refractivity contribution in [3.63, 3.8) is 0 Å². The number of nitrogens with zero attached hydrogens (tertiary/aromatic N) is 2. The van der Waals surface area contributed by atoms with Gasteiger partial charge in [0, 0.05) is 36.7 Å². The molecule has 2 amide bonds. The van der Waals surface area contributed by atoms with Crippen molar-refractivity contribution >= 4 is 50.9 Å². The van der Waals surface area contributed by atoms with Gasteiger partial charge in [0.05, 0.1) is 16.6 Å². The second-order valence-corrected chi connectivity index (χ2v) is 8.09. The number of halogens is 3. The van der Waals surface area contributed by atoms with Crippen molar-refractivity contribution in [2.24, 2.45) is 0 Å². The van der Waals surface area contributed by atoms with E-state index in [0.717, 1.165) is 17.6 Å². The Hall–Kier alpha value is -1.02. The molecule has 0 atom stereocenters. The molecular weight excluding hydrogens is 445 g/mol. The number of piperazine rings is 1. The molecule has 1 aromatic carbocycles. The van der Waals surface area contributed by atoms with Gasteiger partial charge in [-0.3, -0.25) is 14.5 Å². The molecule has 9 heteroatoms. The highest BCUT2D eigenvalue weighted by atomic mass is 79.9. The predicted molar refractivity (Wildman–Crippen MR) is 104 cm³/mol. The summed E-state index contributed by atoms with van der Waals surface area (Å²) in [5.74, 6) is -0.741. The third-order valence-corrected chi connectivity index (χ3v) is 5.48. The lowest BCUT2D eigenvalue weighted by Crippen LogP contribution is -2.53. The van der Waals surface area contributed by atoms with E-state index in [1.165, 1.54) is 12.8 Å². The Kier molecular flexibility index (Phi) is 6.66. The van der Waals surface area contributed by atoms with Crippen LogP contribution in [0.5, 0.6) is 5.75 Å². The van der Waals surface area contributed by atoms with Gasteiger partial charge in [0.15, 0.2) is 5.75 Å². The van der Waals surface area contributed by atoms with E-state index in [0.29, 0.717) is 34.9 Å². The molecule has 0 radical (unpaired) electrons. The highest BCUT2D eigenvalue weighted by Crippen LogP contribution is 2.35. The van der Waals surface area contributed by atoms with Gasteiger partial charge in [-0.15, -0.1) is 0 Å². The molecule has 1 aromatic rings. The van der Waals surface area contributed by atoms with Gasteiger partial charge in [0.25, 0.3) is 0 Å². The summed E-state index contributed by atoms with van der Waals surface area (Å²) in [6.07, 6.45) is 2.50. The van der Waals surface area contributed by atoms with Crippen molar-refractivity contribution in [1.82, 2.24) is 15.1 Å². The number of carbonyl (C=O) groups is 2. The van der Waals surface area contributed by atoms with Crippen LogP contribution in [0.4, 0.5) is 0 Å². The highest BCUT2D eigenvalue weighted by molar-refractivity contribution is 9.10. The summed E-state index contributed by atoms with van der Waals surface area (Å²) < 4.78 is 6.27. The maximum atomic E-state index is 12.2. The van der Waals surface area contributed by atoms with E-state index in [1.54, 1.807) is 17.0 Å². The molecule has 1 aliphatic carbocycles. The van der Waals surface area contributed by atoms with Crippen LogP contribution in [0.1, 0.15) is 12.8 Å². The third-order valence-electron chi connectivity index (χ3n) is 4.46. The van der Waals surface area contributed by atoms with Crippen molar-refractivity contribution in [2.45, 2.75) is 18.9 Å². The minimum Gasteiger partial charge on any atom is -0.489 e. The Morgan fingerprint density at radius 3 is 2.35 bits per heavy atom. The van der Waals surface area contributed by atoms with Gasteiger partial charge in [0.2, 0.25) is 0 Å². The van der Waals surface area contributed by atoms with Crippen LogP contribution in [0, 0.1) is 0 Å². The maximum absolute atomic E-state index is 12.2. The molecule has 2 aliphatic rings.